The normalized spacial score (nSPS) is 11.5. The van der Waals surface area contributed by atoms with Gasteiger partial charge in [-0.15, -0.1) is 10.2 Å². The van der Waals surface area contributed by atoms with Gasteiger partial charge in [0.1, 0.15) is 5.75 Å². The van der Waals surface area contributed by atoms with Crippen LogP contribution in [0.4, 0.5) is 0 Å². The molecule has 0 aliphatic heterocycles. The van der Waals surface area contributed by atoms with E-state index >= 15 is 0 Å². The van der Waals surface area contributed by atoms with Crippen molar-refractivity contribution in [1.82, 2.24) is 14.9 Å². The second-order valence-electron chi connectivity index (χ2n) is 5.65. The molecule has 0 radical (unpaired) electrons. The largest absolute Gasteiger partial charge is 0.496 e. The van der Waals surface area contributed by atoms with Gasteiger partial charge in [-0.25, -0.2) is 13.1 Å². The molecule has 1 heterocycles. The summed E-state index contributed by atoms with van der Waals surface area (Å²) in [5, 5.41) is 7.94. The average molecular weight is 373 g/mol. The van der Waals surface area contributed by atoms with E-state index in [0.29, 0.717) is 24.0 Å². The number of rotatable bonds is 7. The lowest BCUT2D eigenvalue weighted by molar-refractivity contribution is 0.411. The molecule has 8 heteroatoms. The van der Waals surface area contributed by atoms with Crippen LogP contribution >= 0.6 is 0 Å². The first-order chi connectivity index (χ1) is 12.5. The Morgan fingerprint density at radius 1 is 1.12 bits per heavy atom. The minimum atomic E-state index is -3.62. The van der Waals surface area contributed by atoms with Gasteiger partial charge in [0.05, 0.1) is 12.0 Å². The average Bonchev–Trinajstić information content (AvgIpc) is 3.11. The van der Waals surface area contributed by atoms with Crippen LogP contribution in [0.5, 0.6) is 5.75 Å². The zero-order valence-electron chi connectivity index (χ0n) is 14.5. The smallest absolute Gasteiger partial charge is 0.247 e. The summed E-state index contributed by atoms with van der Waals surface area (Å²) < 4.78 is 38.0. The van der Waals surface area contributed by atoms with Gasteiger partial charge < -0.3 is 9.15 Å². The highest BCUT2D eigenvalue weighted by Crippen LogP contribution is 2.21. The molecule has 0 aliphatic carbocycles. The fourth-order valence-electron chi connectivity index (χ4n) is 2.45. The number of methoxy groups -OCH3 is 1. The van der Waals surface area contributed by atoms with Crippen molar-refractivity contribution in [1.29, 1.82) is 0 Å². The molecule has 3 rings (SSSR count). The lowest BCUT2D eigenvalue weighted by Gasteiger charge is -2.09. The predicted octanol–water partition coefficient (Wildman–Crippen LogP) is 2.57. The highest BCUT2D eigenvalue weighted by Gasteiger charge is 2.16. The van der Waals surface area contributed by atoms with E-state index < -0.39 is 10.0 Å². The molecule has 0 fully saturated rings. The Morgan fingerprint density at radius 3 is 2.58 bits per heavy atom. The standard InChI is InChI=1S/C18H19N3O4S/c1-13-12-15(8-9-16(13)24-2)26(22,23)19-11-10-17-20-21-18(25-17)14-6-4-3-5-7-14/h3-9,12,19H,10-11H2,1-2H3. The predicted molar refractivity (Wildman–Crippen MR) is 96.4 cm³/mol. The number of hydrogen-bond acceptors (Lipinski definition) is 6. The number of hydrogen-bond donors (Lipinski definition) is 1. The molecular formula is C18H19N3O4S. The van der Waals surface area contributed by atoms with E-state index in [0.717, 1.165) is 11.1 Å². The molecule has 1 aromatic heterocycles. The summed E-state index contributed by atoms with van der Waals surface area (Å²) in [6.07, 6.45) is 0.300. The van der Waals surface area contributed by atoms with Gasteiger partial charge in [0.2, 0.25) is 21.8 Å². The van der Waals surface area contributed by atoms with Crippen LogP contribution in [0.25, 0.3) is 11.5 Å². The van der Waals surface area contributed by atoms with E-state index in [1.165, 1.54) is 6.07 Å². The van der Waals surface area contributed by atoms with Crippen molar-refractivity contribution in [3.05, 3.63) is 60.0 Å². The van der Waals surface area contributed by atoms with Gasteiger partial charge in [-0.1, -0.05) is 18.2 Å². The quantitative estimate of drug-likeness (QED) is 0.684. The Labute approximate surface area is 152 Å². The number of aryl methyl sites for hydroxylation is 1. The van der Waals surface area contributed by atoms with Gasteiger partial charge in [0, 0.05) is 18.5 Å². The molecule has 1 N–H and O–H groups in total. The number of ether oxygens (including phenoxy) is 1. The molecule has 2 aromatic carbocycles. The third-order valence-corrected chi connectivity index (χ3v) is 5.25. The van der Waals surface area contributed by atoms with E-state index in [-0.39, 0.29) is 11.4 Å². The fraction of sp³-hybridized carbons (Fsp3) is 0.222. The van der Waals surface area contributed by atoms with Crippen LogP contribution in [0, 0.1) is 6.92 Å². The summed E-state index contributed by atoms with van der Waals surface area (Å²) in [4.78, 5) is 0.186. The second kappa shape index (κ2) is 7.67. The van der Waals surface area contributed by atoms with Gasteiger partial charge >= 0.3 is 0 Å². The first-order valence-corrected chi connectivity index (χ1v) is 9.50. The summed E-state index contributed by atoms with van der Waals surface area (Å²) >= 11 is 0. The monoisotopic (exact) mass is 373 g/mol. The number of sulfonamides is 1. The maximum atomic E-state index is 12.4. The van der Waals surface area contributed by atoms with Crippen LogP contribution in [-0.4, -0.2) is 32.3 Å². The fourth-order valence-corrected chi connectivity index (χ4v) is 3.56. The molecule has 0 saturated carbocycles. The first-order valence-electron chi connectivity index (χ1n) is 8.02. The van der Waals surface area contributed by atoms with Crippen molar-refractivity contribution < 1.29 is 17.6 Å². The maximum absolute atomic E-state index is 12.4. The highest BCUT2D eigenvalue weighted by molar-refractivity contribution is 7.89. The summed E-state index contributed by atoms with van der Waals surface area (Å²) in [7, 11) is -2.07. The minimum Gasteiger partial charge on any atom is -0.496 e. The number of benzene rings is 2. The first kappa shape index (κ1) is 18.1. The topological polar surface area (TPSA) is 94.3 Å². The Bertz CT molecular complexity index is 985. The Kier molecular flexibility index (Phi) is 5.34. The van der Waals surface area contributed by atoms with E-state index in [1.54, 1.807) is 26.2 Å². The van der Waals surface area contributed by atoms with Gasteiger partial charge in [0.15, 0.2) is 0 Å². The van der Waals surface area contributed by atoms with E-state index in [9.17, 15) is 8.42 Å². The van der Waals surface area contributed by atoms with Crippen molar-refractivity contribution in [2.75, 3.05) is 13.7 Å². The Hall–Kier alpha value is -2.71. The zero-order chi connectivity index (χ0) is 18.6. The molecule has 0 amide bonds. The van der Waals surface area contributed by atoms with Crippen molar-refractivity contribution >= 4 is 10.0 Å². The summed E-state index contributed by atoms with van der Waals surface area (Å²) in [5.74, 6) is 1.43. The number of aromatic nitrogens is 2. The molecular weight excluding hydrogens is 354 g/mol. The van der Waals surface area contributed by atoms with Crippen molar-refractivity contribution in [2.24, 2.45) is 0 Å². The lowest BCUT2D eigenvalue weighted by atomic mass is 10.2. The van der Waals surface area contributed by atoms with Crippen molar-refractivity contribution in [3.8, 4) is 17.2 Å². The number of nitrogens with zero attached hydrogens (tertiary/aromatic N) is 2. The Morgan fingerprint density at radius 2 is 1.88 bits per heavy atom. The molecule has 0 saturated heterocycles. The van der Waals surface area contributed by atoms with Gasteiger partial charge in [0.25, 0.3) is 0 Å². The van der Waals surface area contributed by atoms with Crippen LogP contribution in [0.1, 0.15) is 11.5 Å². The molecule has 136 valence electrons. The molecule has 7 nitrogen and oxygen atoms in total. The number of nitrogens with one attached hydrogen (secondary N) is 1. The molecule has 3 aromatic rings. The molecule has 26 heavy (non-hydrogen) atoms. The van der Waals surface area contributed by atoms with Gasteiger partial charge in [-0.2, -0.15) is 0 Å². The van der Waals surface area contributed by atoms with Crippen LogP contribution < -0.4 is 9.46 Å². The van der Waals surface area contributed by atoms with E-state index in [2.05, 4.69) is 14.9 Å². The third-order valence-electron chi connectivity index (χ3n) is 3.80. The Balaban J connectivity index is 1.62. The van der Waals surface area contributed by atoms with Crippen LogP contribution in [0.3, 0.4) is 0 Å². The van der Waals surface area contributed by atoms with Gasteiger partial charge in [-0.05, 0) is 42.8 Å². The van der Waals surface area contributed by atoms with Crippen LogP contribution in [0.2, 0.25) is 0 Å². The lowest BCUT2D eigenvalue weighted by Crippen LogP contribution is -2.26. The molecule has 0 aliphatic rings. The summed E-state index contributed by atoms with van der Waals surface area (Å²) in [6, 6.07) is 14.1. The molecule has 0 bridgehead atoms. The van der Waals surface area contributed by atoms with Crippen LogP contribution in [-0.2, 0) is 16.4 Å². The maximum Gasteiger partial charge on any atom is 0.247 e. The highest BCUT2D eigenvalue weighted by atomic mass is 32.2. The zero-order valence-corrected chi connectivity index (χ0v) is 15.3. The van der Waals surface area contributed by atoms with Crippen molar-refractivity contribution in [3.63, 3.8) is 0 Å². The van der Waals surface area contributed by atoms with Crippen LogP contribution in [0.15, 0.2) is 57.8 Å². The van der Waals surface area contributed by atoms with E-state index in [4.69, 9.17) is 9.15 Å². The second-order valence-corrected chi connectivity index (χ2v) is 7.41. The summed E-state index contributed by atoms with van der Waals surface area (Å²) in [5.41, 5.74) is 1.57. The minimum absolute atomic E-state index is 0.157. The summed E-state index contributed by atoms with van der Waals surface area (Å²) in [6.45, 7) is 1.95. The third kappa shape index (κ3) is 4.09. The molecule has 0 spiro atoms. The SMILES string of the molecule is COc1ccc(S(=O)(=O)NCCc2nnc(-c3ccccc3)o2)cc1C. The van der Waals surface area contributed by atoms with E-state index in [1.807, 2.05) is 30.3 Å². The molecule has 0 unspecified atom stereocenters. The molecule has 0 atom stereocenters. The van der Waals surface area contributed by atoms with Gasteiger partial charge in [-0.3, -0.25) is 0 Å². The van der Waals surface area contributed by atoms with Crippen molar-refractivity contribution in [2.45, 2.75) is 18.2 Å².